The second-order valence-corrected chi connectivity index (χ2v) is 9.36. The van der Waals surface area contributed by atoms with Gasteiger partial charge in [-0.25, -0.2) is 22.8 Å². The van der Waals surface area contributed by atoms with E-state index in [2.05, 4.69) is 19.5 Å². The van der Waals surface area contributed by atoms with Gasteiger partial charge in [-0.05, 0) is 73.7 Å². The fourth-order valence-electron chi connectivity index (χ4n) is 3.61. The van der Waals surface area contributed by atoms with Crippen LogP contribution in [0.3, 0.4) is 0 Å². The highest BCUT2D eigenvalue weighted by Gasteiger charge is 2.22. The Morgan fingerprint density at radius 2 is 1.97 bits per heavy atom. The lowest BCUT2D eigenvalue weighted by Gasteiger charge is -2.18. The van der Waals surface area contributed by atoms with Crippen molar-refractivity contribution < 1.29 is 21.9 Å². The maximum Gasteiger partial charge on any atom is 0.387 e. The summed E-state index contributed by atoms with van der Waals surface area (Å²) < 4.78 is 59.1. The number of nitrogens with one attached hydrogen (secondary N) is 1. The summed E-state index contributed by atoms with van der Waals surface area (Å²) in [5.41, 5.74) is 4.01. The van der Waals surface area contributed by atoms with Gasteiger partial charge in [0.1, 0.15) is 5.75 Å². The molecule has 1 N–H and O–H groups in total. The Kier molecular flexibility index (Phi) is 6.07. The summed E-state index contributed by atoms with van der Waals surface area (Å²) in [4.78, 5) is 4.63. The van der Waals surface area contributed by atoms with E-state index in [0.29, 0.717) is 23.4 Å². The molecule has 1 aliphatic carbocycles. The van der Waals surface area contributed by atoms with E-state index >= 15 is 0 Å². The van der Waals surface area contributed by atoms with E-state index in [-0.39, 0.29) is 23.6 Å². The van der Waals surface area contributed by atoms with Crippen LogP contribution in [0.1, 0.15) is 34.5 Å². The van der Waals surface area contributed by atoms with E-state index in [1.807, 2.05) is 19.9 Å². The Labute approximate surface area is 184 Å². The largest absolute Gasteiger partial charge is 0.435 e. The van der Waals surface area contributed by atoms with Crippen molar-refractivity contribution in [3.05, 3.63) is 75.6 Å². The number of aryl methyl sites for hydroxylation is 3. The molecule has 0 saturated heterocycles. The maximum atomic E-state index is 12.8. The number of ether oxygens (including phenoxy) is 1. The Morgan fingerprint density at radius 3 is 2.62 bits per heavy atom. The molecule has 0 fully saturated rings. The topological polar surface area (TPSA) is 86.1 Å². The number of alkyl halides is 2. The van der Waals surface area contributed by atoms with Crippen molar-refractivity contribution in [2.75, 3.05) is 0 Å². The zero-order valence-corrected chi connectivity index (χ0v) is 18.4. The van der Waals surface area contributed by atoms with E-state index in [4.69, 9.17) is 0 Å². The van der Waals surface area contributed by atoms with E-state index < -0.39 is 16.6 Å². The minimum atomic E-state index is -3.70. The second kappa shape index (κ2) is 8.79. The van der Waals surface area contributed by atoms with Gasteiger partial charge in [-0.1, -0.05) is 12.1 Å². The molecule has 0 atom stereocenters. The Hall–Kier alpha value is -3.11. The molecule has 7 nitrogen and oxygen atoms in total. The average molecular weight is 461 g/mol. The minimum absolute atomic E-state index is 0.0630. The summed E-state index contributed by atoms with van der Waals surface area (Å²) >= 11 is 0. The van der Waals surface area contributed by atoms with Crippen LogP contribution in [0.5, 0.6) is 5.75 Å². The molecule has 168 valence electrons. The maximum absolute atomic E-state index is 12.8. The van der Waals surface area contributed by atoms with Gasteiger partial charge >= 0.3 is 6.61 Å². The van der Waals surface area contributed by atoms with E-state index in [1.165, 1.54) is 12.1 Å². The van der Waals surface area contributed by atoms with E-state index in [9.17, 15) is 17.2 Å². The molecule has 0 unspecified atom stereocenters. The highest BCUT2D eigenvalue weighted by atomic mass is 32.2. The van der Waals surface area contributed by atoms with Gasteiger partial charge in [-0.3, -0.25) is 0 Å². The summed E-state index contributed by atoms with van der Waals surface area (Å²) in [7, 11) is -3.70. The van der Waals surface area contributed by atoms with Gasteiger partial charge in [0.15, 0.2) is 5.82 Å². The number of pyridine rings is 1. The zero-order valence-electron chi connectivity index (χ0n) is 17.5. The first kappa shape index (κ1) is 22.1. The van der Waals surface area contributed by atoms with Gasteiger partial charge in [0, 0.05) is 18.4 Å². The number of nitrogens with zero attached hydrogens (tertiary/aromatic N) is 3. The van der Waals surface area contributed by atoms with Crippen LogP contribution >= 0.6 is 0 Å². The molecule has 0 radical (unpaired) electrons. The first-order valence-corrected chi connectivity index (χ1v) is 11.5. The summed E-state index contributed by atoms with van der Waals surface area (Å²) in [5, 5.41) is 4.38. The number of halogens is 2. The van der Waals surface area contributed by atoms with Crippen molar-refractivity contribution in [2.45, 2.75) is 39.8 Å². The third-order valence-electron chi connectivity index (χ3n) is 5.14. The normalized spacial score (nSPS) is 13.7. The van der Waals surface area contributed by atoms with Crippen LogP contribution < -0.4 is 9.46 Å². The molecule has 0 amide bonds. The van der Waals surface area contributed by atoms with Gasteiger partial charge in [0.2, 0.25) is 10.0 Å². The number of benzene rings is 1. The quantitative estimate of drug-likeness (QED) is 0.578. The molecule has 0 saturated carbocycles. The number of sulfonamides is 1. The smallest absolute Gasteiger partial charge is 0.387 e. The minimum Gasteiger partial charge on any atom is -0.435 e. The Morgan fingerprint density at radius 1 is 1.16 bits per heavy atom. The molecule has 2 heterocycles. The number of aromatic nitrogens is 3. The SMILES string of the molecule is Cc1cc(C)n(-c2ccc(CNS(=O)(=O)C3=Cc4ccc(OC(F)F)cc4CC3)cn2)n1. The molecule has 1 aromatic carbocycles. The number of fused-ring (bicyclic) bond motifs is 1. The molecular formula is C22H22F2N4O3S. The van der Waals surface area contributed by atoms with Gasteiger partial charge in [-0.2, -0.15) is 13.9 Å². The number of allylic oxidation sites excluding steroid dienone is 1. The van der Waals surface area contributed by atoms with Crippen molar-refractivity contribution in [3.63, 3.8) is 0 Å². The number of hydrogen-bond acceptors (Lipinski definition) is 5. The average Bonchev–Trinajstić information content (AvgIpc) is 3.09. The lowest BCUT2D eigenvalue weighted by Crippen LogP contribution is -2.26. The summed E-state index contributed by atoms with van der Waals surface area (Å²) in [6, 6.07) is 10.1. The van der Waals surface area contributed by atoms with Crippen LogP contribution in [0.2, 0.25) is 0 Å². The highest BCUT2D eigenvalue weighted by molar-refractivity contribution is 7.93. The van der Waals surface area contributed by atoms with E-state index in [0.717, 1.165) is 17.0 Å². The lowest BCUT2D eigenvalue weighted by molar-refractivity contribution is -0.0498. The molecule has 0 bridgehead atoms. The molecule has 3 aromatic rings. The Bertz CT molecular complexity index is 1270. The molecular weight excluding hydrogens is 438 g/mol. The van der Waals surface area contributed by atoms with Crippen LogP contribution in [-0.4, -0.2) is 29.8 Å². The van der Waals surface area contributed by atoms with Crippen LogP contribution in [0, 0.1) is 13.8 Å². The van der Waals surface area contributed by atoms with Gasteiger partial charge in [0.25, 0.3) is 0 Å². The van der Waals surface area contributed by atoms with Crippen molar-refractivity contribution in [3.8, 4) is 11.6 Å². The summed E-state index contributed by atoms with van der Waals surface area (Å²) in [6.07, 6.45) is 3.87. The summed E-state index contributed by atoms with van der Waals surface area (Å²) in [5.74, 6) is 0.719. The second-order valence-electron chi connectivity index (χ2n) is 7.54. The fourth-order valence-corrected chi connectivity index (χ4v) is 4.80. The van der Waals surface area contributed by atoms with Crippen LogP contribution in [0.15, 0.2) is 47.5 Å². The number of hydrogen-bond donors (Lipinski definition) is 1. The van der Waals surface area contributed by atoms with Crippen LogP contribution in [-0.2, 0) is 23.0 Å². The zero-order chi connectivity index (χ0) is 22.9. The molecule has 32 heavy (non-hydrogen) atoms. The third kappa shape index (κ3) is 4.86. The van der Waals surface area contributed by atoms with Crippen molar-refractivity contribution in [1.82, 2.24) is 19.5 Å². The predicted octanol–water partition coefficient (Wildman–Crippen LogP) is 3.89. The molecule has 4 rings (SSSR count). The Balaban J connectivity index is 1.44. The predicted molar refractivity (Wildman–Crippen MR) is 116 cm³/mol. The standard InChI is InChI=1S/C22H22F2N4O3S/c1-14-9-15(2)28(27-14)21-8-3-16(12-25-21)13-26-32(29,30)20-7-5-17-10-19(31-22(23)24)6-4-18(17)11-20/h3-4,6,8-12,22,26H,5,7,13H2,1-2H3. The lowest BCUT2D eigenvalue weighted by atomic mass is 9.97. The molecule has 2 aromatic heterocycles. The first-order chi connectivity index (χ1) is 15.2. The fraction of sp³-hybridized carbons (Fsp3) is 0.273. The monoisotopic (exact) mass is 460 g/mol. The molecule has 0 spiro atoms. The number of rotatable bonds is 7. The van der Waals surface area contributed by atoms with Crippen molar-refractivity contribution in [1.29, 1.82) is 0 Å². The molecule has 1 aliphatic rings. The van der Waals surface area contributed by atoms with Gasteiger partial charge < -0.3 is 4.74 Å². The van der Waals surface area contributed by atoms with Gasteiger partial charge in [0.05, 0.1) is 10.6 Å². The van der Waals surface area contributed by atoms with Gasteiger partial charge in [-0.15, -0.1) is 0 Å². The molecule has 0 aliphatic heterocycles. The van der Waals surface area contributed by atoms with Crippen LogP contribution in [0.4, 0.5) is 8.78 Å². The molecule has 10 heteroatoms. The summed E-state index contributed by atoms with van der Waals surface area (Å²) in [6.45, 7) is 1.04. The van der Waals surface area contributed by atoms with E-state index in [1.54, 1.807) is 35.2 Å². The van der Waals surface area contributed by atoms with Crippen LogP contribution in [0.25, 0.3) is 11.9 Å². The third-order valence-corrected chi connectivity index (χ3v) is 6.68. The first-order valence-electron chi connectivity index (χ1n) is 9.98. The highest BCUT2D eigenvalue weighted by Crippen LogP contribution is 2.30. The van der Waals surface area contributed by atoms with Crippen molar-refractivity contribution in [2.24, 2.45) is 0 Å². The van der Waals surface area contributed by atoms with Crippen molar-refractivity contribution >= 4 is 16.1 Å².